The second kappa shape index (κ2) is 7.19. The van der Waals surface area contributed by atoms with Crippen LogP contribution < -0.4 is 5.32 Å². The molecule has 4 heterocycles. The Morgan fingerprint density at radius 1 is 1.16 bits per heavy atom. The van der Waals surface area contributed by atoms with Gasteiger partial charge in [0.2, 0.25) is 0 Å². The zero-order chi connectivity index (χ0) is 21.1. The number of fused-ring (bicyclic) bond motifs is 2. The van der Waals surface area contributed by atoms with Gasteiger partial charge in [-0.05, 0) is 48.9 Å². The molecule has 0 saturated heterocycles. The number of allylic oxidation sites excluding steroid dienone is 2. The Morgan fingerprint density at radius 2 is 2.03 bits per heavy atom. The first-order valence-electron chi connectivity index (χ1n) is 9.75. The summed E-state index contributed by atoms with van der Waals surface area (Å²) in [5.74, 6) is 1.40. The number of H-pyrrole nitrogens is 2. The molecule has 0 fully saturated rings. The molecule has 3 aromatic heterocycles. The summed E-state index contributed by atoms with van der Waals surface area (Å²) in [5, 5.41) is 12.7. The normalized spacial score (nSPS) is 18.3. The van der Waals surface area contributed by atoms with Gasteiger partial charge in [0.25, 0.3) is 0 Å². The molecule has 0 radical (unpaired) electrons. The monoisotopic (exact) mass is 471 g/mol. The van der Waals surface area contributed by atoms with Crippen molar-refractivity contribution >= 4 is 57.6 Å². The number of Topliss-reactive ketones (excluding diaryl/α,β-unsaturated/α-hetero) is 1. The smallest absolute Gasteiger partial charge is 0.174 e. The highest BCUT2D eigenvalue weighted by Crippen LogP contribution is 2.45. The highest BCUT2D eigenvalue weighted by molar-refractivity contribution is 7.99. The Hall–Kier alpha value is -2.68. The molecule has 0 bridgehead atoms. The van der Waals surface area contributed by atoms with E-state index in [1.54, 1.807) is 18.3 Å². The molecule has 6 rings (SSSR count). The van der Waals surface area contributed by atoms with Crippen molar-refractivity contribution in [1.82, 2.24) is 20.2 Å². The van der Waals surface area contributed by atoms with Crippen molar-refractivity contribution in [2.45, 2.75) is 35.4 Å². The van der Waals surface area contributed by atoms with Crippen LogP contribution in [-0.4, -0.2) is 25.9 Å². The Labute approximate surface area is 190 Å². The summed E-state index contributed by atoms with van der Waals surface area (Å²) in [6, 6.07) is 7.29. The van der Waals surface area contributed by atoms with Crippen molar-refractivity contribution in [1.29, 1.82) is 0 Å². The summed E-state index contributed by atoms with van der Waals surface area (Å²) >= 11 is 13.6. The number of carbonyl (C=O) groups is 1. The Bertz CT molecular complexity index is 1350. The number of benzene rings is 1. The summed E-state index contributed by atoms with van der Waals surface area (Å²) in [6.07, 6.45) is 3.99. The van der Waals surface area contributed by atoms with E-state index in [0.717, 1.165) is 46.5 Å². The van der Waals surface area contributed by atoms with Crippen LogP contribution in [0.25, 0.3) is 11.0 Å². The second-order valence-electron chi connectivity index (χ2n) is 7.51. The molecule has 1 aliphatic heterocycles. The molecule has 31 heavy (non-hydrogen) atoms. The van der Waals surface area contributed by atoms with Crippen LogP contribution in [0.4, 0.5) is 5.82 Å². The highest BCUT2D eigenvalue weighted by Gasteiger charge is 2.37. The van der Waals surface area contributed by atoms with Crippen molar-refractivity contribution in [3.05, 3.63) is 63.1 Å². The Kier molecular flexibility index (Phi) is 4.41. The lowest BCUT2D eigenvalue weighted by Gasteiger charge is -2.30. The summed E-state index contributed by atoms with van der Waals surface area (Å²) in [5.41, 5.74) is 4.17. The maximum atomic E-state index is 12.8. The van der Waals surface area contributed by atoms with Crippen molar-refractivity contribution in [3.63, 3.8) is 0 Å². The van der Waals surface area contributed by atoms with Crippen molar-refractivity contribution < 1.29 is 9.21 Å². The minimum absolute atomic E-state index is 0.155. The van der Waals surface area contributed by atoms with Gasteiger partial charge in [0.05, 0.1) is 33.2 Å². The summed E-state index contributed by atoms with van der Waals surface area (Å²) in [7, 11) is 0. The number of imidazole rings is 1. The number of rotatable bonds is 3. The molecule has 3 N–H and O–H groups in total. The number of aromatic amines is 2. The van der Waals surface area contributed by atoms with Gasteiger partial charge in [-0.25, -0.2) is 4.98 Å². The minimum Gasteiger partial charge on any atom is -0.453 e. The fourth-order valence-corrected chi connectivity index (χ4v) is 5.31. The van der Waals surface area contributed by atoms with E-state index in [-0.39, 0.29) is 11.7 Å². The number of aromatic nitrogens is 4. The molecule has 1 aliphatic carbocycles. The van der Waals surface area contributed by atoms with E-state index in [9.17, 15) is 4.79 Å². The zero-order valence-corrected chi connectivity index (χ0v) is 18.3. The molecule has 0 saturated carbocycles. The molecular formula is C21H15Cl2N5O2S. The topological polar surface area (TPSA) is 99.6 Å². The summed E-state index contributed by atoms with van der Waals surface area (Å²) < 4.78 is 6.19. The Balaban J connectivity index is 1.35. The molecule has 7 nitrogen and oxygen atoms in total. The lowest BCUT2D eigenvalue weighted by atomic mass is 9.79. The third-order valence-corrected chi connectivity index (χ3v) is 7.12. The predicted octanol–water partition coefficient (Wildman–Crippen LogP) is 5.90. The fourth-order valence-electron chi connectivity index (χ4n) is 4.21. The van der Waals surface area contributed by atoms with Crippen LogP contribution in [-0.2, 0) is 4.79 Å². The van der Waals surface area contributed by atoms with Gasteiger partial charge in [0.1, 0.15) is 11.6 Å². The van der Waals surface area contributed by atoms with Gasteiger partial charge in [-0.3, -0.25) is 9.89 Å². The summed E-state index contributed by atoms with van der Waals surface area (Å²) in [6.45, 7) is 0. The van der Waals surface area contributed by atoms with Crippen LogP contribution in [0.1, 0.15) is 36.5 Å². The quantitative estimate of drug-likeness (QED) is 0.343. The molecular weight excluding hydrogens is 457 g/mol. The van der Waals surface area contributed by atoms with E-state index in [2.05, 4.69) is 25.5 Å². The number of hydrogen-bond donors (Lipinski definition) is 3. The number of furan rings is 1. The number of nitrogens with one attached hydrogen (secondary N) is 3. The van der Waals surface area contributed by atoms with Gasteiger partial charge in [-0.1, -0.05) is 23.2 Å². The number of anilines is 1. The van der Waals surface area contributed by atoms with Gasteiger partial charge in [-0.15, -0.1) is 0 Å². The molecule has 4 aromatic rings. The number of nitrogens with zero attached hydrogens (tertiary/aromatic N) is 2. The first-order valence-corrected chi connectivity index (χ1v) is 11.3. The molecule has 2 aliphatic rings. The van der Waals surface area contributed by atoms with Crippen molar-refractivity contribution in [2.75, 3.05) is 5.32 Å². The minimum atomic E-state index is -0.277. The van der Waals surface area contributed by atoms with Gasteiger partial charge in [0, 0.05) is 23.3 Å². The number of ketones is 1. The molecule has 10 heteroatoms. The lowest BCUT2D eigenvalue weighted by molar-refractivity contribution is -0.116. The summed E-state index contributed by atoms with van der Waals surface area (Å²) in [4.78, 5) is 20.6. The highest BCUT2D eigenvalue weighted by atomic mass is 35.5. The van der Waals surface area contributed by atoms with Crippen LogP contribution >= 0.6 is 35.0 Å². The maximum Gasteiger partial charge on any atom is 0.174 e. The van der Waals surface area contributed by atoms with Crippen LogP contribution in [0, 0.1) is 0 Å². The Morgan fingerprint density at radius 3 is 2.94 bits per heavy atom. The van der Waals surface area contributed by atoms with Crippen LogP contribution in [0.3, 0.4) is 0 Å². The molecule has 0 amide bonds. The molecule has 1 atom stereocenters. The average Bonchev–Trinajstić information content (AvgIpc) is 3.47. The van der Waals surface area contributed by atoms with Crippen LogP contribution in [0.15, 0.2) is 56.4 Å². The standard InChI is InChI=1S/C21H15Cl2N5O2S/c22-10-6-13-14(7-11(10)23)27-21(26-13)31-17-5-4-16(30-17)18-9-8-24-28-20(9)25-12-2-1-3-15(29)19(12)18/h4-8,18H,1-3H2,(H,26,27)(H2,24,25,28). The van der Waals surface area contributed by atoms with E-state index in [0.29, 0.717) is 32.5 Å². The van der Waals surface area contributed by atoms with E-state index in [4.69, 9.17) is 27.6 Å². The van der Waals surface area contributed by atoms with Crippen molar-refractivity contribution in [2.24, 2.45) is 0 Å². The predicted molar refractivity (Wildman–Crippen MR) is 119 cm³/mol. The lowest BCUT2D eigenvalue weighted by Crippen LogP contribution is -2.26. The van der Waals surface area contributed by atoms with Gasteiger partial charge in [-0.2, -0.15) is 5.10 Å². The molecule has 1 unspecified atom stereocenters. The molecule has 156 valence electrons. The molecule has 0 spiro atoms. The van der Waals surface area contributed by atoms with Gasteiger partial charge >= 0.3 is 0 Å². The number of hydrogen-bond acceptors (Lipinski definition) is 6. The van der Waals surface area contributed by atoms with Crippen LogP contribution in [0.5, 0.6) is 0 Å². The first kappa shape index (κ1) is 19.0. The van der Waals surface area contributed by atoms with E-state index >= 15 is 0 Å². The largest absolute Gasteiger partial charge is 0.453 e. The second-order valence-corrected chi connectivity index (χ2v) is 9.32. The molecule has 1 aromatic carbocycles. The van der Waals surface area contributed by atoms with Gasteiger partial charge < -0.3 is 14.7 Å². The van der Waals surface area contributed by atoms with E-state index < -0.39 is 0 Å². The zero-order valence-electron chi connectivity index (χ0n) is 16.0. The first-order chi connectivity index (χ1) is 15.1. The fraction of sp³-hybridized carbons (Fsp3) is 0.190. The van der Waals surface area contributed by atoms with Crippen LogP contribution in [0.2, 0.25) is 10.0 Å². The van der Waals surface area contributed by atoms with Crippen molar-refractivity contribution in [3.8, 4) is 0 Å². The SMILES string of the molecule is O=C1CCCC2=C1C(c1ccc(Sc3nc4cc(Cl)c(Cl)cc4[nH]3)o1)c1cn[nH]c1N2. The van der Waals surface area contributed by atoms with E-state index in [1.807, 2.05) is 12.1 Å². The van der Waals surface area contributed by atoms with E-state index in [1.165, 1.54) is 11.8 Å². The number of carbonyl (C=O) groups excluding carboxylic acids is 1. The maximum absolute atomic E-state index is 12.8. The number of halogens is 2. The van der Waals surface area contributed by atoms with Gasteiger partial charge in [0.15, 0.2) is 16.0 Å². The average molecular weight is 472 g/mol. The third kappa shape index (κ3) is 3.17. The third-order valence-electron chi connectivity index (χ3n) is 5.59.